The maximum Gasteiger partial charge on any atom is 0.313 e. The minimum absolute atomic E-state index is 0.161. The Balaban J connectivity index is 2.65. The monoisotopic (exact) mass is 327 g/mol. The molecule has 0 spiro atoms. The van der Waals surface area contributed by atoms with Crippen LogP contribution in [0.1, 0.15) is 13.8 Å². The maximum atomic E-state index is 11.7. The number of carbonyl (C=O) groups is 2. The van der Waals surface area contributed by atoms with Crippen molar-refractivity contribution in [2.75, 3.05) is 5.75 Å². The number of halogens is 1. The molecule has 0 aliphatic heterocycles. The summed E-state index contributed by atoms with van der Waals surface area (Å²) in [5.74, 6) is -1.66. The molecular weight excluding hydrogens is 314 g/mol. The molecule has 0 aliphatic carbocycles. The van der Waals surface area contributed by atoms with Gasteiger partial charge in [0.05, 0.1) is 16.8 Å². The number of fused-ring (bicyclic) bond motifs is 1. The van der Waals surface area contributed by atoms with E-state index in [4.69, 9.17) is 22.4 Å². The Kier molecular flexibility index (Phi) is 4.15. The quantitative estimate of drug-likeness (QED) is 0.819. The second kappa shape index (κ2) is 5.57. The standard InChI is InChI=1S/C13H14ClN3O3S/c1-13(2,11(15)20)17-9-4-3-7(14)5-8(9)16-12(17)21-6-10(18)19/h3-5H,6H2,1-2H3,(H2,15,20)(H,18,19). The van der Waals surface area contributed by atoms with Crippen molar-refractivity contribution in [1.29, 1.82) is 0 Å². The van der Waals surface area contributed by atoms with Crippen LogP contribution in [0.15, 0.2) is 23.4 Å². The Morgan fingerprint density at radius 3 is 2.71 bits per heavy atom. The van der Waals surface area contributed by atoms with E-state index in [1.165, 1.54) is 0 Å². The van der Waals surface area contributed by atoms with Gasteiger partial charge in [0.25, 0.3) is 0 Å². The average Bonchev–Trinajstić information content (AvgIpc) is 2.73. The summed E-state index contributed by atoms with van der Waals surface area (Å²) in [7, 11) is 0. The summed E-state index contributed by atoms with van der Waals surface area (Å²) >= 11 is 6.98. The second-order valence-electron chi connectivity index (χ2n) is 4.97. The van der Waals surface area contributed by atoms with Crippen LogP contribution in [-0.2, 0) is 15.1 Å². The van der Waals surface area contributed by atoms with Gasteiger partial charge in [-0.2, -0.15) is 0 Å². The summed E-state index contributed by atoms with van der Waals surface area (Å²) in [6.45, 7) is 3.33. The fourth-order valence-corrected chi connectivity index (χ4v) is 2.94. The number of benzene rings is 1. The van der Waals surface area contributed by atoms with E-state index in [0.29, 0.717) is 21.2 Å². The van der Waals surface area contributed by atoms with Crippen LogP contribution in [0.5, 0.6) is 0 Å². The molecular formula is C13H14ClN3O3S. The topological polar surface area (TPSA) is 98.2 Å². The summed E-state index contributed by atoms with van der Waals surface area (Å²) in [6.07, 6.45) is 0. The summed E-state index contributed by atoms with van der Waals surface area (Å²) in [6, 6.07) is 5.08. The van der Waals surface area contributed by atoms with E-state index in [2.05, 4.69) is 4.98 Å². The highest BCUT2D eigenvalue weighted by Gasteiger charge is 2.32. The molecule has 112 valence electrons. The number of carboxylic acid groups (broad SMARTS) is 1. The molecule has 8 heteroatoms. The molecule has 0 saturated heterocycles. The molecule has 21 heavy (non-hydrogen) atoms. The van der Waals surface area contributed by atoms with Gasteiger partial charge in [0.15, 0.2) is 5.16 Å². The molecule has 2 aromatic rings. The Labute approximate surface area is 130 Å². The van der Waals surface area contributed by atoms with Crippen molar-refractivity contribution in [2.45, 2.75) is 24.5 Å². The van der Waals surface area contributed by atoms with Crippen LogP contribution in [0, 0.1) is 0 Å². The number of amides is 1. The summed E-state index contributed by atoms with van der Waals surface area (Å²) in [5.41, 5.74) is 5.69. The van der Waals surface area contributed by atoms with E-state index in [0.717, 1.165) is 11.8 Å². The molecule has 3 N–H and O–H groups in total. The number of aromatic nitrogens is 2. The van der Waals surface area contributed by atoms with E-state index in [1.54, 1.807) is 36.6 Å². The zero-order valence-corrected chi connectivity index (χ0v) is 13.0. The van der Waals surface area contributed by atoms with E-state index >= 15 is 0 Å². The van der Waals surface area contributed by atoms with Crippen molar-refractivity contribution < 1.29 is 14.7 Å². The molecule has 1 aromatic heterocycles. The van der Waals surface area contributed by atoms with Gasteiger partial charge in [0.2, 0.25) is 5.91 Å². The number of nitrogens with zero attached hydrogens (tertiary/aromatic N) is 2. The average molecular weight is 328 g/mol. The highest BCUT2D eigenvalue weighted by atomic mass is 35.5. The number of thioether (sulfide) groups is 1. The van der Waals surface area contributed by atoms with Gasteiger partial charge < -0.3 is 15.4 Å². The number of nitrogens with two attached hydrogens (primary N) is 1. The molecule has 0 radical (unpaired) electrons. The van der Waals surface area contributed by atoms with Gasteiger partial charge in [-0.3, -0.25) is 9.59 Å². The van der Waals surface area contributed by atoms with E-state index in [-0.39, 0.29) is 5.75 Å². The number of imidazole rings is 1. The van der Waals surface area contributed by atoms with Gasteiger partial charge in [-0.05, 0) is 32.0 Å². The highest BCUT2D eigenvalue weighted by Crippen LogP contribution is 2.32. The lowest BCUT2D eigenvalue weighted by atomic mass is 10.0. The minimum atomic E-state index is -1.04. The van der Waals surface area contributed by atoms with Crippen molar-refractivity contribution in [3.05, 3.63) is 23.2 Å². The van der Waals surface area contributed by atoms with Crippen LogP contribution in [0.4, 0.5) is 0 Å². The number of aliphatic carboxylic acids is 1. The largest absolute Gasteiger partial charge is 0.481 e. The predicted octanol–water partition coefficient (Wildman–Crippen LogP) is 2.09. The van der Waals surface area contributed by atoms with Gasteiger partial charge >= 0.3 is 5.97 Å². The first-order valence-corrected chi connectivity index (χ1v) is 7.43. The second-order valence-corrected chi connectivity index (χ2v) is 6.35. The first-order chi connectivity index (χ1) is 9.73. The molecule has 0 saturated carbocycles. The maximum absolute atomic E-state index is 11.7. The van der Waals surface area contributed by atoms with E-state index in [1.807, 2.05) is 0 Å². The first kappa shape index (κ1) is 15.7. The van der Waals surface area contributed by atoms with Gasteiger partial charge in [0, 0.05) is 5.02 Å². The van der Waals surface area contributed by atoms with Crippen LogP contribution in [-0.4, -0.2) is 32.3 Å². The number of hydrogen-bond acceptors (Lipinski definition) is 4. The number of hydrogen-bond donors (Lipinski definition) is 2. The van der Waals surface area contributed by atoms with Crippen LogP contribution in [0.25, 0.3) is 11.0 Å². The number of primary amides is 1. The van der Waals surface area contributed by atoms with Crippen LogP contribution in [0.3, 0.4) is 0 Å². The van der Waals surface area contributed by atoms with Crippen molar-refractivity contribution in [3.8, 4) is 0 Å². The SMILES string of the molecule is CC(C)(C(N)=O)n1c(SCC(=O)O)nc2cc(Cl)ccc21. The smallest absolute Gasteiger partial charge is 0.313 e. The summed E-state index contributed by atoms with van der Waals surface area (Å²) in [5, 5.41) is 9.75. The minimum Gasteiger partial charge on any atom is -0.481 e. The number of carbonyl (C=O) groups excluding carboxylic acids is 1. The van der Waals surface area contributed by atoms with Crippen molar-refractivity contribution in [1.82, 2.24) is 9.55 Å². The Morgan fingerprint density at radius 1 is 1.48 bits per heavy atom. The van der Waals surface area contributed by atoms with Crippen LogP contribution >= 0.6 is 23.4 Å². The van der Waals surface area contributed by atoms with E-state index in [9.17, 15) is 9.59 Å². The van der Waals surface area contributed by atoms with Gasteiger partial charge in [-0.1, -0.05) is 23.4 Å². The lowest BCUT2D eigenvalue weighted by molar-refractivity contribution is -0.133. The highest BCUT2D eigenvalue weighted by molar-refractivity contribution is 7.99. The molecule has 6 nitrogen and oxygen atoms in total. The molecule has 1 amide bonds. The zero-order chi connectivity index (χ0) is 15.8. The normalized spacial score (nSPS) is 11.8. The number of carboxylic acids is 1. The van der Waals surface area contributed by atoms with Gasteiger partial charge in [-0.15, -0.1) is 0 Å². The Bertz CT molecular complexity index is 727. The predicted molar refractivity (Wildman–Crippen MR) is 81.6 cm³/mol. The lowest BCUT2D eigenvalue weighted by Gasteiger charge is -2.25. The van der Waals surface area contributed by atoms with Crippen molar-refractivity contribution in [2.24, 2.45) is 5.73 Å². The summed E-state index contributed by atoms with van der Waals surface area (Å²) in [4.78, 5) is 26.9. The third-order valence-corrected chi connectivity index (χ3v) is 4.23. The molecule has 0 fully saturated rings. The van der Waals surface area contributed by atoms with Gasteiger partial charge in [0.1, 0.15) is 5.54 Å². The lowest BCUT2D eigenvalue weighted by Crippen LogP contribution is -2.41. The van der Waals surface area contributed by atoms with E-state index < -0.39 is 17.4 Å². The fraction of sp³-hybridized carbons (Fsp3) is 0.308. The van der Waals surface area contributed by atoms with Crippen LogP contribution < -0.4 is 5.73 Å². The third-order valence-electron chi connectivity index (χ3n) is 3.07. The first-order valence-electron chi connectivity index (χ1n) is 6.06. The third kappa shape index (κ3) is 2.98. The number of rotatable bonds is 5. The molecule has 0 aliphatic rings. The molecule has 1 heterocycles. The van der Waals surface area contributed by atoms with Crippen LogP contribution in [0.2, 0.25) is 5.02 Å². The molecule has 2 rings (SSSR count). The Hall–Kier alpha value is -1.73. The molecule has 0 bridgehead atoms. The molecule has 0 atom stereocenters. The van der Waals surface area contributed by atoms with Crippen molar-refractivity contribution in [3.63, 3.8) is 0 Å². The van der Waals surface area contributed by atoms with Crippen molar-refractivity contribution >= 4 is 46.3 Å². The zero-order valence-electron chi connectivity index (χ0n) is 11.5. The van der Waals surface area contributed by atoms with Gasteiger partial charge in [-0.25, -0.2) is 4.98 Å². The molecule has 0 unspecified atom stereocenters. The fourth-order valence-electron chi connectivity index (χ4n) is 1.90. The summed E-state index contributed by atoms with van der Waals surface area (Å²) < 4.78 is 1.65. The molecule has 1 aromatic carbocycles. The Morgan fingerprint density at radius 2 is 2.14 bits per heavy atom.